The van der Waals surface area contributed by atoms with Crippen molar-refractivity contribution >= 4 is 15.5 Å². The highest BCUT2D eigenvalue weighted by Crippen LogP contribution is 2.26. The van der Waals surface area contributed by atoms with Crippen molar-refractivity contribution in [2.45, 2.75) is 44.7 Å². The zero-order valence-electron chi connectivity index (χ0n) is 12.9. The number of ether oxygens (including phenoxy) is 1. The molecule has 2 aromatic heterocycles. The Morgan fingerprint density at radius 2 is 1.95 bits per heavy atom. The van der Waals surface area contributed by atoms with Crippen molar-refractivity contribution in [2.75, 3.05) is 7.11 Å². The van der Waals surface area contributed by atoms with Crippen LogP contribution in [0.3, 0.4) is 0 Å². The minimum Gasteiger partial charge on any atom is -0.497 e. The Labute approximate surface area is 125 Å². The average molecular weight is 311 g/mol. The molecule has 1 N–H and O–H groups in total. The van der Waals surface area contributed by atoms with E-state index in [-0.39, 0.29) is 17.0 Å². The number of nitrogens with one attached hydrogen (secondary N) is 1. The number of methoxy groups -OCH3 is 1. The van der Waals surface area contributed by atoms with Crippen LogP contribution >= 0.6 is 0 Å². The second-order valence-electron chi connectivity index (χ2n) is 5.53. The van der Waals surface area contributed by atoms with Crippen LogP contribution < -0.4 is 9.46 Å². The topological polar surface area (TPSA) is 72.7 Å². The van der Waals surface area contributed by atoms with Crippen molar-refractivity contribution in [1.82, 2.24) is 14.1 Å². The minimum atomic E-state index is -3.66. The van der Waals surface area contributed by atoms with Crippen molar-refractivity contribution in [3.63, 3.8) is 0 Å². The summed E-state index contributed by atoms with van der Waals surface area (Å²) >= 11 is 0. The maximum Gasteiger partial charge on any atom is 0.260 e. The van der Waals surface area contributed by atoms with Gasteiger partial charge in [0, 0.05) is 24.2 Å². The highest BCUT2D eigenvalue weighted by molar-refractivity contribution is 7.89. The van der Waals surface area contributed by atoms with E-state index in [0.29, 0.717) is 17.1 Å². The molecule has 0 saturated carbocycles. The Morgan fingerprint density at radius 3 is 2.48 bits per heavy atom. The number of hydrogen-bond acceptors (Lipinski definition) is 4. The molecule has 0 spiro atoms. The van der Waals surface area contributed by atoms with Gasteiger partial charge in [-0.05, 0) is 19.9 Å². The quantitative estimate of drug-likeness (QED) is 0.918. The van der Waals surface area contributed by atoms with E-state index < -0.39 is 10.0 Å². The molecule has 2 aromatic rings. The number of imidazole rings is 1. The summed E-state index contributed by atoms with van der Waals surface area (Å²) in [6, 6.07) is 3.28. The van der Waals surface area contributed by atoms with Gasteiger partial charge in [0.2, 0.25) is 0 Å². The van der Waals surface area contributed by atoms with Gasteiger partial charge in [-0.1, -0.05) is 13.8 Å². The lowest BCUT2D eigenvalue weighted by Gasteiger charge is -2.08. The van der Waals surface area contributed by atoms with Crippen LogP contribution in [0.25, 0.3) is 5.52 Å². The van der Waals surface area contributed by atoms with E-state index in [0.717, 1.165) is 0 Å². The number of pyridine rings is 1. The first-order valence-corrected chi connectivity index (χ1v) is 8.33. The lowest BCUT2D eigenvalue weighted by Crippen LogP contribution is -2.30. The number of fused-ring (bicyclic) bond motifs is 1. The fourth-order valence-corrected chi connectivity index (χ4v) is 3.54. The first kappa shape index (κ1) is 15.8. The van der Waals surface area contributed by atoms with E-state index in [9.17, 15) is 8.42 Å². The van der Waals surface area contributed by atoms with Gasteiger partial charge in [-0.15, -0.1) is 0 Å². The molecule has 116 valence electrons. The fraction of sp³-hybridized carbons (Fsp3) is 0.500. The summed E-state index contributed by atoms with van der Waals surface area (Å²) in [6.45, 7) is 7.51. The average Bonchev–Trinajstić information content (AvgIpc) is 2.76. The van der Waals surface area contributed by atoms with Gasteiger partial charge >= 0.3 is 0 Å². The number of nitrogens with zero attached hydrogens (tertiary/aromatic N) is 2. The summed E-state index contributed by atoms with van der Waals surface area (Å²) in [7, 11) is -2.11. The minimum absolute atomic E-state index is 0.0406. The molecule has 0 amide bonds. The van der Waals surface area contributed by atoms with Crippen LogP contribution in [0.15, 0.2) is 23.4 Å². The van der Waals surface area contributed by atoms with Gasteiger partial charge in [0.25, 0.3) is 10.0 Å². The fourth-order valence-electron chi connectivity index (χ4n) is 2.16. The SMILES string of the molecule is COc1ccn2c(C(C)C)nc(S(=O)(=O)NC(C)C)c2c1. The van der Waals surface area contributed by atoms with E-state index in [1.807, 2.05) is 13.8 Å². The third-order valence-corrected chi connectivity index (χ3v) is 4.60. The van der Waals surface area contributed by atoms with Crippen molar-refractivity contribution in [3.8, 4) is 5.75 Å². The largest absolute Gasteiger partial charge is 0.497 e. The molecule has 0 radical (unpaired) electrons. The van der Waals surface area contributed by atoms with Crippen LogP contribution in [0.2, 0.25) is 0 Å². The summed E-state index contributed by atoms with van der Waals surface area (Å²) in [5.41, 5.74) is 0.520. The molecule has 7 heteroatoms. The predicted octanol–water partition coefficient (Wildman–Crippen LogP) is 2.15. The third kappa shape index (κ3) is 3.03. The summed E-state index contributed by atoms with van der Waals surface area (Å²) in [4.78, 5) is 4.35. The standard InChI is InChI=1S/C14H21N3O3S/c1-9(2)13-15-14(21(18,19)16-10(3)4)12-8-11(20-5)6-7-17(12)13/h6-10,16H,1-5H3. The smallest absolute Gasteiger partial charge is 0.260 e. The highest BCUT2D eigenvalue weighted by atomic mass is 32.2. The molecule has 2 rings (SSSR count). The molecule has 2 heterocycles. The molecule has 0 atom stereocenters. The van der Waals surface area contributed by atoms with Crippen LogP contribution in [0.4, 0.5) is 0 Å². The molecule has 0 aliphatic carbocycles. The van der Waals surface area contributed by atoms with Crippen LogP contribution in [0.5, 0.6) is 5.75 Å². The Morgan fingerprint density at radius 1 is 1.29 bits per heavy atom. The maximum atomic E-state index is 12.5. The Hall–Kier alpha value is -1.60. The number of rotatable bonds is 5. The number of aromatic nitrogens is 2. The van der Waals surface area contributed by atoms with E-state index in [1.54, 1.807) is 43.7 Å². The first-order chi connectivity index (χ1) is 9.76. The van der Waals surface area contributed by atoms with Gasteiger partial charge in [-0.25, -0.2) is 18.1 Å². The van der Waals surface area contributed by atoms with E-state index >= 15 is 0 Å². The second-order valence-corrected chi connectivity index (χ2v) is 7.16. The van der Waals surface area contributed by atoms with Crippen molar-refractivity contribution in [1.29, 1.82) is 0 Å². The Balaban J connectivity index is 2.73. The Kier molecular flexibility index (Phi) is 4.25. The van der Waals surface area contributed by atoms with Gasteiger partial charge < -0.3 is 9.14 Å². The van der Waals surface area contributed by atoms with E-state index in [1.165, 1.54) is 0 Å². The molecule has 21 heavy (non-hydrogen) atoms. The van der Waals surface area contributed by atoms with Gasteiger partial charge in [0.15, 0.2) is 5.03 Å². The molecule has 0 aliphatic heterocycles. The number of sulfonamides is 1. The van der Waals surface area contributed by atoms with Gasteiger partial charge in [-0.3, -0.25) is 0 Å². The highest BCUT2D eigenvalue weighted by Gasteiger charge is 2.25. The van der Waals surface area contributed by atoms with Gasteiger partial charge in [0.05, 0.1) is 12.6 Å². The van der Waals surface area contributed by atoms with Crippen LogP contribution in [0.1, 0.15) is 39.4 Å². The molecular formula is C14H21N3O3S. The van der Waals surface area contributed by atoms with Gasteiger partial charge in [0.1, 0.15) is 11.6 Å². The van der Waals surface area contributed by atoms with Crippen molar-refractivity contribution in [3.05, 3.63) is 24.2 Å². The molecule has 0 saturated heterocycles. The summed E-state index contributed by atoms with van der Waals surface area (Å²) in [6.07, 6.45) is 1.78. The molecule has 6 nitrogen and oxygen atoms in total. The normalized spacial score (nSPS) is 12.5. The van der Waals surface area contributed by atoms with Crippen LogP contribution in [0, 0.1) is 0 Å². The Bertz CT molecular complexity index is 748. The van der Waals surface area contributed by atoms with E-state index in [4.69, 9.17) is 4.74 Å². The zero-order chi connectivity index (χ0) is 15.8. The second kappa shape index (κ2) is 5.65. The lowest BCUT2D eigenvalue weighted by molar-refractivity contribution is 0.414. The third-order valence-electron chi connectivity index (χ3n) is 3.01. The molecule has 0 fully saturated rings. The predicted molar refractivity (Wildman–Crippen MR) is 81.3 cm³/mol. The maximum absolute atomic E-state index is 12.5. The molecule has 0 aliphatic rings. The first-order valence-electron chi connectivity index (χ1n) is 6.84. The molecule has 0 aromatic carbocycles. The number of hydrogen-bond donors (Lipinski definition) is 1. The van der Waals surface area contributed by atoms with Gasteiger partial charge in [-0.2, -0.15) is 0 Å². The zero-order valence-corrected chi connectivity index (χ0v) is 13.7. The van der Waals surface area contributed by atoms with Crippen molar-refractivity contribution < 1.29 is 13.2 Å². The van der Waals surface area contributed by atoms with Crippen LogP contribution in [-0.2, 0) is 10.0 Å². The molecule has 0 bridgehead atoms. The van der Waals surface area contributed by atoms with Crippen LogP contribution in [-0.4, -0.2) is 31.0 Å². The summed E-state index contributed by atoms with van der Waals surface area (Å²) in [5, 5.41) is 0.0406. The van der Waals surface area contributed by atoms with Crippen molar-refractivity contribution in [2.24, 2.45) is 0 Å². The molecular weight excluding hydrogens is 290 g/mol. The molecule has 0 unspecified atom stereocenters. The summed E-state index contributed by atoms with van der Waals surface area (Å²) < 4.78 is 34.5. The summed E-state index contributed by atoms with van der Waals surface area (Å²) in [5.74, 6) is 1.41. The van der Waals surface area contributed by atoms with E-state index in [2.05, 4.69) is 9.71 Å². The lowest BCUT2D eigenvalue weighted by atomic mass is 10.2. The monoisotopic (exact) mass is 311 g/mol.